The first-order valence-corrected chi connectivity index (χ1v) is 10.8. The minimum atomic E-state index is -0.128. The van der Waals surface area contributed by atoms with E-state index in [1.54, 1.807) is 17.4 Å². The zero-order valence-corrected chi connectivity index (χ0v) is 16.4. The van der Waals surface area contributed by atoms with Gasteiger partial charge in [-0.3, -0.25) is 4.79 Å². The number of nitrogens with zero attached hydrogens (tertiary/aromatic N) is 2. The van der Waals surface area contributed by atoms with Crippen molar-refractivity contribution in [2.75, 3.05) is 13.1 Å². The van der Waals surface area contributed by atoms with Crippen LogP contribution in [0, 0.1) is 0 Å². The van der Waals surface area contributed by atoms with Gasteiger partial charge < -0.3 is 16.0 Å². The molecule has 4 rings (SSSR count). The third-order valence-electron chi connectivity index (χ3n) is 5.72. The number of aromatic amines is 1. The van der Waals surface area contributed by atoms with Gasteiger partial charge in [0.2, 0.25) is 0 Å². The van der Waals surface area contributed by atoms with Crippen LogP contribution < -0.4 is 16.6 Å². The highest BCUT2D eigenvalue weighted by molar-refractivity contribution is 7.10. The minimum absolute atomic E-state index is 0.128. The highest BCUT2D eigenvalue weighted by atomic mass is 32.1. The second-order valence-corrected chi connectivity index (χ2v) is 8.39. The molecule has 0 atom stereocenters. The Kier molecular flexibility index (Phi) is 5.69. The van der Waals surface area contributed by atoms with Crippen molar-refractivity contribution in [1.29, 1.82) is 0 Å². The van der Waals surface area contributed by atoms with Gasteiger partial charge in [0.05, 0.1) is 17.0 Å². The average Bonchev–Trinajstić information content (AvgIpc) is 3.19. The van der Waals surface area contributed by atoms with E-state index in [1.807, 2.05) is 0 Å². The molecule has 27 heavy (non-hydrogen) atoms. The largest absolute Gasteiger partial charge is 0.404 e. The molecule has 144 valence electrons. The quantitative estimate of drug-likeness (QED) is 0.751. The molecule has 3 heterocycles. The van der Waals surface area contributed by atoms with Crippen molar-refractivity contribution in [3.63, 3.8) is 0 Å². The van der Waals surface area contributed by atoms with Gasteiger partial charge in [-0.05, 0) is 38.8 Å². The van der Waals surface area contributed by atoms with Crippen LogP contribution in [-0.2, 0) is 0 Å². The van der Waals surface area contributed by atoms with Crippen LogP contribution in [0.2, 0.25) is 0 Å². The lowest BCUT2D eigenvalue weighted by Crippen LogP contribution is -2.28. The van der Waals surface area contributed by atoms with Crippen LogP contribution in [-0.4, -0.2) is 28.0 Å². The third kappa shape index (κ3) is 4.14. The van der Waals surface area contributed by atoms with E-state index in [4.69, 9.17) is 15.7 Å². The van der Waals surface area contributed by atoms with Crippen molar-refractivity contribution in [2.24, 2.45) is 5.73 Å². The first-order valence-electron chi connectivity index (χ1n) is 9.94. The Morgan fingerprint density at radius 3 is 2.56 bits per heavy atom. The number of aromatic nitrogens is 3. The molecule has 0 spiro atoms. The molecule has 6 nitrogen and oxygen atoms in total. The molecule has 0 radical (unpaired) electrons. The Balaban J connectivity index is 1.62. The SMILES string of the molecule is NC=C(c1nc(C2CCNCC2)cc(=O)[nH]1)c1nc(C2CCCCC2)cs1. The molecule has 7 heteroatoms. The summed E-state index contributed by atoms with van der Waals surface area (Å²) < 4.78 is 0. The highest BCUT2D eigenvalue weighted by Gasteiger charge is 2.22. The normalized spacial score (nSPS) is 20.1. The van der Waals surface area contributed by atoms with Crippen molar-refractivity contribution in [3.05, 3.63) is 50.2 Å². The monoisotopic (exact) mass is 385 g/mol. The van der Waals surface area contributed by atoms with E-state index in [0.717, 1.165) is 47.9 Å². The second kappa shape index (κ2) is 8.35. The number of rotatable bonds is 4. The van der Waals surface area contributed by atoms with E-state index in [9.17, 15) is 4.79 Å². The first kappa shape index (κ1) is 18.4. The van der Waals surface area contributed by atoms with E-state index in [2.05, 4.69) is 15.7 Å². The molecule has 2 aromatic rings. The standard InChI is InChI=1S/C20H27N5OS/c21-11-15(20-24-17(12-27-20)13-4-2-1-3-5-13)19-23-16(10-18(26)25-19)14-6-8-22-9-7-14/h10-14,22H,1-9,21H2,(H,23,25,26). The van der Waals surface area contributed by atoms with E-state index < -0.39 is 0 Å². The average molecular weight is 386 g/mol. The van der Waals surface area contributed by atoms with E-state index in [-0.39, 0.29) is 5.56 Å². The number of H-pyrrole nitrogens is 1. The first-order chi connectivity index (χ1) is 13.2. The van der Waals surface area contributed by atoms with Crippen molar-refractivity contribution >= 4 is 16.9 Å². The molecule has 1 aliphatic heterocycles. The number of hydrogen-bond donors (Lipinski definition) is 3. The zero-order valence-electron chi connectivity index (χ0n) is 15.5. The number of nitrogens with two attached hydrogens (primary N) is 1. The Labute approximate surface area is 163 Å². The van der Waals surface area contributed by atoms with Crippen LogP contribution >= 0.6 is 11.3 Å². The predicted molar refractivity (Wildman–Crippen MR) is 109 cm³/mol. The molecule has 4 N–H and O–H groups in total. The Morgan fingerprint density at radius 1 is 1.07 bits per heavy atom. The third-order valence-corrected chi connectivity index (χ3v) is 6.61. The van der Waals surface area contributed by atoms with E-state index in [0.29, 0.717) is 17.7 Å². The Morgan fingerprint density at radius 2 is 1.81 bits per heavy atom. The maximum atomic E-state index is 12.3. The van der Waals surface area contributed by atoms with Gasteiger partial charge >= 0.3 is 0 Å². The van der Waals surface area contributed by atoms with Gasteiger partial charge in [-0.25, -0.2) is 9.97 Å². The summed E-state index contributed by atoms with van der Waals surface area (Å²) >= 11 is 1.59. The summed E-state index contributed by atoms with van der Waals surface area (Å²) in [6.45, 7) is 1.93. The van der Waals surface area contributed by atoms with Crippen molar-refractivity contribution in [2.45, 2.75) is 56.8 Å². The summed E-state index contributed by atoms with van der Waals surface area (Å²) in [5.74, 6) is 1.40. The van der Waals surface area contributed by atoms with Crippen LogP contribution in [0.3, 0.4) is 0 Å². The maximum absolute atomic E-state index is 12.3. The van der Waals surface area contributed by atoms with Gasteiger partial charge in [0.15, 0.2) is 0 Å². The van der Waals surface area contributed by atoms with Crippen LogP contribution in [0.15, 0.2) is 22.4 Å². The van der Waals surface area contributed by atoms with Crippen LogP contribution in [0.4, 0.5) is 0 Å². The van der Waals surface area contributed by atoms with Gasteiger partial charge in [-0.15, -0.1) is 11.3 Å². The van der Waals surface area contributed by atoms with Gasteiger partial charge in [-0.2, -0.15) is 0 Å². The highest BCUT2D eigenvalue weighted by Crippen LogP contribution is 2.35. The predicted octanol–water partition coefficient (Wildman–Crippen LogP) is 3.09. The zero-order chi connectivity index (χ0) is 18.6. The summed E-state index contributed by atoms with van der Waals surface area (Å²) in [7, 11) is 0. The summed E-state index contributed by atoms with van der Waals surface area (Å²) in [6.07, 6.45) is 9.84. The summed E-state index contributed by atoms with van der Waals surface area (Å²) in [4.78, 5) is 24.7. The van der Waals surface area contributed by atoms with Gasteiger partial charge in [-0.1, -0.05) is 19.3 Å². The molecule has 1 saturated heterocycles. The van der Waals surface area contributed by atoms with Crippen molar-refractivity contribution in [3.8, 4) is 0 Å². The van der Waals surface area contributed by atoms with Crippen LogP contribution in [0.25, 0.3) is 5.57 Å². The summed E-state index contributed by atoms with van der Waals surface area (Å²) in [5.41, 5.74) is 8.54. The van der Waals surface area contributed by atoms with E-state index >= 15 is 0 Å². The van der Waals surface area contributed by atoms with E-state index in [1.165, 1.54) is 38.3 Å². The molecule has 0 amide bonds. The van der Waals surface area contributed by atoms with Crippen LogP contribution in [0.1, 0.15) is 79.0 Å². The smallest absolute Gasteiger partial charge is 0.251 e. The van der Waals surface area contributed by atoms with Gasteiger partial charge in [0.1, 0.15) is 10.8 Å². The molecule has 2 aliphatic rings. The molecular formula is C20H27N5OS. The number of hydrogen-bond acceptors (Lipinski definition) is 6. The molecule has 2 aromatic heterocycles. The van der Waals surface area contributed by atoms with Crippen LogP contribution in [0.5, 0.6) is 0 Å². The molecule has 1 aliphatic carbocycles. The molecule has 0 aromatic carbocycles. The fourth-order valence-electron chi connectivity index (χ4n) is 4.18. The lowest BCUT2D eigenvalue weighted by atomic mass is 9.87. The molecule has 1 saturated carbocycles. The maximum Gasteiger partial charge on any atom is 0.251 e. The molecule has 0 bridgehead atoms. The number of thiazole rings is 1. The Hall–Kier alpha value is -1.99. The second-order valence-electron chi connectivity index (χ2n) is 7.54. The van der Waals surface area contributed by atoms with Gasteiger partial charge in [0, 0.05) is 29.5 Å². The van der Waals surface area contributed by atoms with Crippen molar-refractivity contribution in [1.82, 2.24) is 20.3 Å². The molecular weight excluding hydrogens is 358 g/mol. The minimum Gasteiger partial charge on any atom is -0.404 e. The fourth-order valence-corrected chi connectivity index (χ4v) is 5.11. The lowest BCUT2D eigenvalue weighted by molar-refractivity contribution is 0.438. The fraction of sp³-hybridized carbons (Fsp3) is 0.550. The topological polar surface area (TPSA) is 96.7 Å². The number of nitrogens with one attached hydrogen (secondary N) is 2. The van der Waals surface area contributed by atoms with Crippen molar-refractivity contribution < 1.29 is 0 Å². The lowest BCUT2D eigenvalue weighted by Gasteiger charge is -2.22. The molecule has 2 fully saturated rings. The number of piperidine rings is 1. The van der Waals surface area contributed by atoms with Gasteiger partial charge in [0.25, 0.3) is 5.56 Å². The summed E-state index contributed by atoms with van der Waals surface area (Å²) in [6, 6.07) is 1.63. The Bertz CT molecular complexity index is 859. The summed E-state index contributed by atoms with van der Waals surface area (Å²) in [5, 5.41) is 6.33. The molecule has 0 unspecified atom stereocenters.